The summed E-state index contributed by atoms with van der Waals surface area (Å²) in [6, 6.07) is 12.9. The Balaban J connectivity index is 1.90. The van der Waals surface area contributed by atoms with E-state index in [0.29, 0.717) is 29.4 Å². The first kappa shape index (κ1) is 15.6. The molecular formula is C18H15NO5. The zero-order valence-electron chi connectivity index (χ0n) is 12.7. The molecule has 0 radical (unpaired) electrons. The molecule has 24 heavy (non-hydrogen) atoms. The van der Waals surface area contributed by atoms with E-state index < -0.39 is 5.97 Å². The van der Waals surface area contributed by atoms with E-state index in [9.17, 15) is 9.59 Å². The number of hydrogen-bond donors (Lipinski definition) is 2. The fourth-order valence-corrected chi connectivity index (χ4v) is 2.30. The second-order valence-electron chi connectivity index (χ2n) is 5.18. The Bertz CT molecular complexity index is 799. The third-order valence-electron chi connectivity index (χ3n) is 3.35. The minimum Gasteiger partial charge on any atom is -0.485 e. The van der Waals surface area contributed by atoms with Crippen LogP contribution in [0.5, 0.6) is 11.5 Å². The summed E-state index contributed by atoms with van der Waals surface area (Å²) in [5.41, 5.74) is 2.03. The molecule has 122 valence electrons. The summed E-state index contributed by atoms with van der Waals surface area (Å²) in [6.07, 6.45) is 2.45. The van der Waals surface area contributed by atoms with E-state index >= 15 is 0 Å². The summed E-state index contributed by atoms with van der Waals surface area (Å²) in [6.45, 7) is 0.246. The van der Waals surface area contributed by atoms with Crippen molar-refractivity contribution < 1.29 is 24.2 Å². The van der Waals surface area contributed by atoms with Crippen LogP contribution in [0.25, 0.3) is 6.08 Å². The number of aliphatic carboxylic acids is 1. The van der Waals surface area contributed by atoms with Crippen LogP contribution < -0.4 is 14.8 Å². The fraction of sp³-hybridized carbons (Fsp3) is 0.111. The summed E-state index contributed by atoms with van der Waals surface area (Å²) in [4.78, 5) is 22.2. The van der Waals surface area contributed by atoms with Crippen LogP contribution in [0.1, 0.15) is 11.1 Å². The molecule has 1 heterocycles. The van der Waals surface area contributed by atoms with E-state index in [1.165, 1.54) is 6.08 Å². The highest BCUT2D eigenvalue weighted by Crippen LogP contribution is 2.39. The number of carbonyl (C=O) groups excluding carboxylic acids is 1. The van der Waals surface area contributed by atoms with Crippen molar-refractivity contribution in [2.24, 2.45) is 0 Å². The lowest BCUT2D eigenvalue weighted by atomic mass is 10.1. The van der Waals surface area contributed by atoms with E-state index in [4.69, 9.17) is 14.6 Å². The van der Waals surface area contributed by atoms with Gasteiger partial charge in [-0.2, -0.15) is 0 Å². The minimum absolute atomic E-state index is 0.0843. The molecule has 0 saturated carbocycles. The van der Waals surface area contributed by atoms with Gasteiger partial charge in [-0.05, 0) is 29.3 Å². The van der Waals surface area contributed by atoms with Crippen molar-refractivity contribution in [1.29, 1.82) is 0 Å². The van der Waals surface area contributed by atoms with E-state index in [2.05, 4.69) is 5.32 Å². The molecule has 3 rings (SSSR count). The Morgan fingerprint density at radius 2 is 2.08 bits per heavy atom. The van der Waals surface area contributed by atoms with Gasteiger partial charge in [0.15, 0.2) is 18.1 Å². The summed E-state index contributed by atoms with van der Waals surface area (Å²) in [7, 11) is 0. The van der Waals surface area contributed by atoms with Crippen LogP contribution in [0.2, 0.25) is 0 Å². The number of benzene rings is 2. The Kier molecular flexibility index (Phi) is 4.47. The summed E-state index contributed by atoms with van der Waals surface area (Å²) in [5.74, 6) is -0.435. The number of anilines is 1. The molecule has 6 heteroatoms. The Hall–Kier alpha value is -3.28. The lowest BCUT2D eigenvalue weighted by molar-refractivity contribution is -0.131. The Labute approximate surface area is 138 Å². The molecule has 1 amide bonds. The van der Waals surface area contributed by atoms with Gasteiger partial charge >= 0.3 is 5.97 Å². The molecule has 0 saturated heterocycles. The van der Waals surface area contributed by atoms with Crippen LogP contribution in [0, 0.1) is 0 Å². The lowest BCUT2D eigenvalue weighted by Crippen LogP contribution is -2.25. The first-order valence-electron chi connectivity index (χ1n) is 7.30. The number of carbonyl (C=O) groups is 2. The summed E-state index contributed by atoms with van der Waals surface area (Å²) >= 11 is 0. The van der Waals surface area contributed by atoms with Crippen molar-refractivity contribution in [1.82, 2.24) is 0 Å². The average Bonchev–Trinajstić information content (AvgIpc) is 2.58. The van der Waals surface area contributed by atoms with E-state index in [1.54, 1.807) is 12.1 Å². The SMILES string of the molecule is O=C(O)/C=C/c1cc2c(c(OCc3ccccc3)c1)OCC(=O)N2. The van der Waals surface area contributed by atoms with Crippen LogP contribution >= 0.6 is 0 Å². The maximum absolute atomic E-state index is 11.5. The van der Waals surface area contributed by atoms with Gasteiger partial charge in [-0.25, -0.2) is 4.79 Å². The normalized spacial score (nSPS) is 13.1. The molecule has 2 aromatic rings. The summed E-state index contributed by atoms with van der Waals surface area (Å²) in [5, 5.41) is 11.5. The average molecular weight is 325 g/mol. The molecule has 0 unspecified atom stereocenters. The smallest absolute Gasteiger partial charge is 0.328 e. The van der Waals surface area contributed by atoms with Crippen molar-refractivity contribution in [2.45, 2.75) is 6.61 Å². The maximum Gasteiger partial charge on any atom is 0.328 e. The molecule has 2 N–H and O–H groups in total. The zero-order chi connectivity index (χ0) is 16.9. The van der Waals surface area contributed by atoms with Crippen LogP contribution in [-0.4, -0.2) is 23.6 Å². The van der Waals surface area contributed by atoms with Gasteiger partial charge in [0.2, 0.25) is 0 Å². The minimum atomic E-state index is -1.06. The van der Waals surface area contributed by atoms with Crippen molar-refractivity contribution in [3.05, 3.63) is 59.7 Å². The van der Waals surface area contributed by atoms with Gasteiger partial charge in [0.25, 0.3) is 5.91 Å². The van der Waals surface area contributed by atoms with E-state index in [0.717, 1.165) is 11.6 Å². The molecule has 6 nitrogen and oxygen atoms in total. The first-order chi connectivity index (χ1) is 11.6. The van der Waals surface area contributed by atoms with Crippen molar-refractivity contribution >= 4 is 23.6 Å². The van der Waals surface area contributed by atoms with E-state index in [-0.39, 0.29) is 12.5 Å². The molecular weight excluding hydrogens is 310 g/mol. The number of rotatable bonds is 5. The monoisotopic (exact) mass is 325 g/mol. The van der Waals surface area contributed by atoms with Gasteiger partial charge in [0.1, 0.15) is 6.61 Å². The number of ether oxygens (including phenoxy) is 2. The van der Waals surface area contributed by atoms with Crippen molar-refractivity contribution in [3.63, 3.8) is 0 Å². The number of carboxylic acid groups (broad SMARTS) is 1. The van der Waals surface area contributed by atoms with Gasteiger partial charge in [0, 0.05) is 6.08 Å². The van der Waals surface area contributed by atoms with Gasteiger partial charge in [0.05, 0.1) is 5.69 Å². The molecule has 0 atom stereocenters. The van der Waals surface area contributed by atoms with Gasteiger partial charge in [-0.3, -0.25) is 4.79 Å². The highest BCUT2D eigenvalue weighted by molar-refractivity contribution is 5.97. The third-order valence-corrected chi connectivity index (χ3v) is 3.35. The van der Waals surface area contributed by atoms with Gasteiger partial charge in [-0.1, -0.05) is 30.3 Å². The topological polar surface area (TPSA) is 84.9 Å². The number of carboxylic acids is 1. The molecule has 1 aliphatic heterocycles. The number of nitrogens with one attached hydrogen (secondary N) is 1. The maximum atomic E-state index is 11.5. The van der Waals surface area contributed by atoms with Gasteiger partial charge < -0.3 is 19.9 Å². The van der Waals surface area contributed by atoms with E-state index in [1.807, 2.05) is 30.3 Å². The highest BCUT2D eigenvalue weighted by atomic mass is 16.5. The molecule has 2 aromatic carbocycles. The Morgan fingerprint density at radius 1 is 1.29 bits per heavy atom. The van der Waals surface area contributed by atoms with Crippen molar-refractivity contribution in [2.75, 3.05) is 11.9 Å². The second-order valence-corrected chi connectivity index (χ2v) is 5.18. The van der Waals surface area contributed by atoms with Crippen LogP contribution in [0.15, 0.2) is 48.5 Å². The molecule has 0 aliphatic carbocycles. The van der Waals surface area contributed by atoms with Gasteiger partial charge in [-0.15, -0.1) is 0 Å². The first-order valence-corrected chi connectivity index (χ1v) is 7.30. The lowest BCUT2D eigenvalue weighted by Gasteiger charge is -2.21. The fourth-order valence-electron chi connectivity index (χ4n) is 2.30. The van der Waals surface area contributed by atoms with Crippen LogP contribution in [0.3, 0.4) is 0 Å². The number of amides is 1. The third kappa shape index (κ3) is 3.73. The standard InChI is InChI=1S/C18H15NO5/c20-16-11-24-18-14(19-16)8-13(6-7-17(21)22)9-15(18)23-10-12-4-2-1-3-5-12/h1-9H,10-11H2,(H,19,20)(H,21,22)/b7-6+. The molecule has 0 aromatic heterocycles. The molecule has 0 bridgehead atoms. The quantitative estimate of drug-likeness (QED) is 0.826. The molecule has 0 fully saturated rings. The predicted octanol–water partition coefficient (Wildman–Crippen LogP) is 2.69. The summed E-state index contributed by atoms with van der Waals surface area (Å²) < 4.78 is 11.3. The molecule has 1 aliphatic rings. The number of hydrogen-bond acceptors (Lipinski definition) is 4. The van der Waals surface area contributed by atoms with Crippen molar-refractivity contribution in [3.8, 4) is 11.5 Å². The largest absolute Gasteiger partial charge is 0.485 e. The zero-order valence-corrected chi connectivity index (χ0v) is 12.7. The van der Waals surface area contributed by atoms with Crippen LogP contribution in [-0.2, 0) is 16.2 Å². The van der Waals surface area contributed by atoms with Crippen LogP contribution in [0.4, 0.5) is 5.69 Å². The highest BCUT2D eigenvalue weighted by Gasteiger charge is 2.21. The Morgan fingerprint density at radius 3 is 2.83 bits per heavy atom. The number of fused-ring (bicyclic) bond motifs is 1. The second kappa shape index (κ2) is 6.87. The molecule has 0 spiro atoms. The predicted molar refractivity (Wildman–Crippen MR) is 88.0 cm³/mol.